The van der Waals surface area contributed by atoms with E-state index in [0.717, 1.165) is 39.0 Å². The second kappa shape index (κ2) is 7.78. The highest BCUT2D eigenvalue weighted by Gasteiger charge is 2.48. The van der Waals surface area contributed by atoms with Gasteiger partial charge >= 0.3 is 0 Å². The lowest BCUT2D eigenvalue weighted by molar-refractivity contribution is -0.188. The molecule has 2 aromatic rings. The Labute approximate surface area is 157 Å². The van der Waals surface area contributed by atoms with Crippen LogP contribution in [0.3, 0.4) is 0 Å². The molecule has 0 saturated carbocycles. The highest BCUT2D eigenvalue weighted by Crippen LogP contribution is 2.37. The van der Waals surface area contributed by atoms with Crippen molar-refractivity contribution in [2.75, 3.05) is 39.4 Å². The maximum atomic E-state index is 13.0. The van der Waals surface area contributed by atoms with Gasteiger partial charge in [-0.05, 0) is 43.7 Å². The molecule has 1 aromatic heterocycles. The Morgan fingerprint density at radius 3 is 2.67 bits per heavy atom. The Morgan fingerprint density at radius 1 is 1.19 bits per heavy atom. The van der Waals surface area contributed by atoms with Crippen molar-refractivity contribution in [1.29, 1.82) is 0 Å². The summed E-state index contributed by atoms with van der Waals surface area (Å²) in [4.78, 5) is 14.6. The minimum absolute atomic E-state index is 0.239. The number of hydrogen-bond donors (Lipinski definition) is 1. The van der Waals surface area contributed by atoms with E-state index >= 15 is 0 Å². The number of amides is 1. The molecule has 3 heterocycles. The average Bonchev–Trinajstić information content (AvgIpc) is 3.08. The number of ether oxygens (including phenoxy) is 1. The molecule has 27 heavy (non-hydrogen) atoms. The molecule has 1 aromatic carbocycles. The first kappa shape index (κ1) is 18.1. The summed E-state index contributed by atoms with van der Waals surface area (Å²) in [7, 11) is 0. The van der Waals surface area contributed by atoms with Crippen molar-refractivity contribution in [1.82, 2.24) is 15.4 Å². The Hall–Kier alpha value is -2.25. The fourth-order valence-electron chi connectivity index (χ4n) is 3.70. The van der Waals surface area contributed by atoms with Crippen LogP contribution in [0.15, 0.2) is 34.9 Å². The Bertz CT molecular complexity index is 778. The largest absolute Gasteiger partial charge is 0.380 e. The number of benzene rings is 1. The summed E-state index contributed by atoms with van der Waals surface area (Å²) < 4.78 is 23.4. The molecule has 1 spiro atoms. The predicted octanol–water partition coefficient (Wildman–Crippen LogP) is 2.71. The highest BCUT2D eigenvalue weighted by atomic mass is 19.1. The quantitative estimate of drug-likeness (QED) is 0.721. The third kappa shape index (κ3) is 4.20. The molecule has 2 saturated heterocycles. The SMILES string of the molecule is O=C(NCCCCCN1CC2(COC2)C1)c1cc(-c2ccc(F)cc2)on1. The van der Waals surface area contributed by atoms with Crippen molar-refractivity contribution in [2.24, 2.45) is 5.41 Å². The van der Waals surface area contributed by atoms with Gasteiger partial charge in [0.1, 0.15) is 5.82 Å². The van der Waals surface area contributed by atoms with Gasteiger partial charge in [0.25, 0.3) is 5.91 Å². The third-order valence-corrected chi connectivity index (χ3v) is 5.24. The fourth-order valence-corrected chi connectivity index (χ4v) is 3.70. The van der Waals surface area contributed by atoms with Crippen molar-refractivity contribution < 1.29 is 18.4 Å². The van der Waals surface area contributed by atoms with E-state index in [1.54, 1.807) is 18.2 Å². The number of likely N-dealkylation sites (tertiary alicyclic amines) is 1. The first-order valence-corrected chi connectivity index (χ1v) is 9.45. The molecule has 0 unspecified atom stereocenters. The molecule has 2 aliphatic rings. The summed E-state index contributed by atoms with van der Waals surface area (Å²) in [6.45, 7) is 5.95. The summed E-state index contributed by atoms with van der Waals surface area (Å²) in [6.07, 6.45) is 3.17. The zero-order valence-electron chi connectivity index (χ0n) is 15.2. The summed E-state index contributed by atoms with van der Waals surface area (Å²) in [6, 6.07) is 7.45. The van der Waals surface area contributed by atoms with E-state index in [0.29, 0.717) is 23.3 Å². The van der Waals surface area contributed by atoms with Gasteiger partial charge in [0.05, 0.1) is 13.2 Å². The fraction of sp³-hybridized carbons (Fsp3) is 0.500. The Kier molecular flexibility index (Phi) is 5.22. The van der Waals surface area contributed by atoms with Crippen molar-refractivity contribution >= 4 is 5.91 Å². The van der Waals surface area contributed by atoms with Gasteiger partial charge in [-0.1, -0.05) is 11.6 Å². The third-order valence-electron chi connectivity index (χ3n) is 5.24. The molecule has 1 N–H and O–H groups in total. The van der Waals surface area contributed by atoms with Crippen LogP contribution >= 0.6 is 0 Å². The van der Waals surface area contributed by atoms with Crippen LogP contribution in [0, 0.1) is 11.2 Å². The first-order valence-electron chi connectivity index (χ1n) is 9.45. The van der Waals surface area contributed by atoms with Crippen LogP contribution in [-0.4, -0.2) is 55.4 Å². The van der Waals surface area contributed by atoms with Crippen LogP contribution in [0.2, 0.25) is 0 Å². The minimum Gasteiger partial charge on any atom is -0.380 e. The minimum atomic E-state index is -0.318. The van der Waals surface area contributed by atoms with Gasteiger partial charge in [-0.2, -0.15) is 0 Å². The van der Waals surface area contributed by atoms with Crippen LogP contribution in [0.5, 0.6) is 0 Å². The number of aromatic nitrogens is 1. The molecule has 0 aliphatic carbocycles. The molecular weight excluding hydrogens is 349 g/mol. The zero-order valence-corrected chi connectivity index (χ0v) is 15.2. The van der Waals surface area contributed by atoms with Gasteiger partial charge in [-0.25, -0.2) is 4.39 Å². The molecule has 2 aliphatic heterocycles. The van der Waals surface area contributed by atoms with Crippen LogP contribution in [0.1, 0.15) is 29.8 Å². The van der Waals surface area contributed by atoms with Crippen molar-refractivity contribution in [3.8, 4) is 11.3 Å². The van der Waals surface area contributed by atoms with E-state index in [1.807, 2.05) is 0 Å². The number of halogens is 1. The summed E-state index contributed by atoms with van der Waals surface area (Å²) in [5, 5.41) is 6.67. The number of rotatable bonds is 8. The zero-order chi connectivity index (χ0) is 18.7. The topological polar surface area (TPSA) is 67.6 Å². The molecule has 6 nitrogen and oxygen atoms in total. The van der Waals surface area contributed by atoms with Crippen molar-refractivity contribution in [2.45, 2.75) is 19.3 Å². The second-order valence-corrected chi connectivity index (χ2v) is 7.60. The maximum Gasteiger partial charge on any atom is 0.273 e. The average molecular weight is 373 g/mol. The lowest BCUT2D eigenvalue weighted by Crippen LogP contribution is -2.65. The second-order valence-electron chi connectivity index (χ2n) is 7.60. The monoisotopic (exact) mass is 373 g/mol. The van der Waals surface area contributed by atoms with Crippen LogP contribution in [0.4, 0.5) is 4.39 Å². The molecule has 144 valence electrons. The van der Waals surface area contributed by atoms with Crippen LogP contribution in [0.25, 0.3) is 11.3 Å². The molecular formula is C20H24FN3O3. The van der Waals surface area contributed by atoms with Crippen LogP contribution in [-0.2, 0) is 4.74 Å². The van der Waals surface area contributed by atoms with E-state index in [1.165, 1.54) is 25.2 Å². The van der Waals surface area contributed by atoms with Gasteiger partial charge in [0, 0.05) is 36.7 Å². The molecule has 2 fully saturated rings. The van der Waals surface area contributed by atoms with E-state index in [-0.39, 0.29) is 17.4 Å². The molecule has 0 radical (unpaired) electrons. The van der Waals surface area contributed by atoms with Crippen molar-refractivity contribution in [3.05, 3.63) is 41.8 Å². The number of unbranched alkanes of at least 4 members (excludes halogenated alkanes) is 2. The van der Waals surface area contributed by atoms with Gasteiger partial charge in [-0.3, -0.25) is 4.79 Å². The Morgan fingerprint density at radius 2 is 1.96 bits per heavy atom. The lowest BCUT2D eigenvalue weighted by atomic mass is 9.78. The van der Waals surface area contributed by atoms with E-state index in [2.05, 4.69) is 15.4 Å². The van der Waals surface area contributed by atoms with Crippen molar-refractivity contribution in [3.63, 3.8) is 0 Å². The van der Waals surface area contributed by atoms with E-state index in [9.17, 15) is 9.18 Å². The molecule has 1 amide bonds. The first-order chi connectivity index (χ1) is 13.1. The summed E-state index contributed by atoms with van der Waals surface area (Å²) in [5.74, 6) is -0.118. The Balaban J connectivity index is 1.12. The number of carbonyl (C=O) groups is 1. The summed E-state index contributed by atoms with van der Waals surface area (Å²) >= 11 is 0. The van der Waals surface area contributed by atoms with Gasteiger partial charge in [0.15, 0.2) is 11.5 Å². The highest BCUT2D eigenvalue weighted by molar-refractivity contribution is 5.93. The number of nitrogens with one attached hydrogen (secondary N) is 1. The molecule has 0 bridgehead atoms. The lowest BCUT2D eigenvalue weighted by Gasteiger charge is -2.55. The van der Waals surface area contributed by atoms with Crippen LogP contribution < -0.4 is 5.32 Å². The smallest absolute Gasteiger partial charge is 0.273 e. The number of carbonyl (C=O) groups excluding carboxylic acids is 1. The van der Waals surface area contributed by atoms with Gasteiger partial charge < -0.3 is 19.5 Å². The van der Waals surface area contributed by atoms with Gasteiger partial charge in [-0.15, -0.1) is 0 Å². The normalized spacial score (nSPS) is 18.1. The molecule has 7 heteroatoms. The molecule has 4 rings (SSSR count). The number of hydrogen-bond acceptors (Lipinski definition) is 5. The van der Waals surface area contributed by atoms with E-state index in [4.69, 9.17) is 9.26 Å². The summed E-state index contributed by atoms with van der Waals surface area (Å²) in [5.41, 5.74) is 1.41. The maximum absolute atomic E-state index is 13.0. The predicted molar refractivity (Wildman–Crippen MR) is 97.8 cm³/mol. The van der Waals surface area contributed by atoms with E-state index < -0.39 is 0 Å². The molecule has 0 atom stereocenters. The standard InChI is InChI=1S/C20H24FN3O3/c21-16-6-4-15(5-7-16)18-10-17(23-27-18)19(25)22-8-2-1-3-9-24-11-20(12-24)13-26-14-20/h4-7,10H,1-3,8-9,11-14H2,(H,22,25). The van der Waals surface area contributed by atoms with Gasteiger partial charge in [0.2, 0.25) is 0 Å². The number of nitrogens with zero attached hydrogens (tertiary/aromatic N) is 2.